The Bertz CT molecular complexity index is 612. The minimum Gasteiger partial charge on any atom is -0.339 e. The van der Waals surface area contributed by atoms with Crippen LogP contribution in [0.25, 0.3) is 0 Å². The molecule has 1 aromatic heterocycles. The summed E-state index contributed by atoms with van der Waals surface area (Å²) in [4.78, 5) is 4.48. The molecule has 4 nitrogen and oxygen atoms in total. The van der Waals surface area contributed by atoms with Gasteiger partial charge in [0, 0.05) is 18.8 Å². The van der Waals surface area contributed by atoms with E-state index in [1.165, 1.54) is 11.1 Å². The number of benzene rings is 1. The molecule has 1 atom stereocenters. The van der Waals surface area contributed by atoms with Gasteiger partial charge in [-0.15, -0.1) is 0 Å². The maximum absolute atomic E-state index is 8.51. The van der Waals surface area contributed by atoms with Crippen molar-refractivity contribution in [3.05, 3.63) is 47.1 Å². The third kappa shape index (κ3) is 2.37. The van der Waals surface area contributed by atoms with E-state index in [9.17, 15) is 0 Å². The van der Waals surface area contributed by atoms with Crippen molar-refractivity contribution in [1.29, 1.82) is 5.26 Å². The normalized spacial score (nSPS) is 17.1. The Morgan fingerprint density at radius 2 is 2.26 bits per heavy atom. The number of rotatable bonds is 4. The lowest BCUT2D eigenvalue weighted by molar-refractivity contribution is 0.369. The Balaban J connectivity index is 1.76. The van der Waals surface area contributed by atoms with E-state index < -0.39 is 0 Å². The second-order valence-corrected chi connectivity index (χ2v) is 4.85. The molecule has 0 aliphatic heterocycles. The molecule has 2 aromatic rings. The van der Waals surface area contributed by atoms with Gasteiger partial charge in [0.25, 0.3) is 0 Å². The van der Waals surface area contributed by atoms with E-state index in [1.54, 1.807) is 0 Å². The molecule has 19 heavy (non-hydrogen) atoms. The van der Waals surface area contributed by atoms with Crippen LogP contribution in [0.2, 0.25) is 0 Å². The molecular weight excluding hydrogens is 238 g/mol. The molecule has 3 rings (SSSR count). The molecule has 1 aromatic carbocycles. The van der Waals surface area contributed by atoms with Gasteiger partial charge >= 0.3 is 0 Å². The molecule has 1 aliphatic rings. The zero-order valence-corrected chi connectivity index (χ0v) is 10.7. The molecule has 0 radical (unpaired) electrons. The van der Waals surface area contributed by atoms with Crippen molar-refractivity contribution in [2.45, 2.75) is 38.0 Å². The predicted octanol–water partition coefficient (Wildman–Crippen LogP) is 2.99. The van der Waals surface area contributed by atoms with Crippen LogP contribution in [0, 0.1) is 11.3 Å². The molecule has 0 saturated heterocycles. The number of nitriles is 1. The largest absolute Gasteiger partial charge is 0.339 e. The van der Waals surface area contributed by atoms with Gasteiger partial charge in [-0.1, -0.05) is 29.4 Å². The van der Waals surface area contributed by atoms with Crippen LogP contribution in [-0.2, 0) is 12.8 Å². The zero-order valence-electron chi connectivity index (χ0n) is 10.7. The van der Waals surface area contributed by atoms with Crippen LogP contribution in [0.4, 0.5) is 0 Å². The fraction of sp³-hybridized carbons (Fsp3) is 0.400. The number of aromatic nitrogens is 2. The van der Waals surface area contributed by atoms with Crippen LogP contribution in [-0.4, -0.2) is 10.1 Å². The molecule has 0 spiro atoms. The van der Waals surface area contributed by atoms with Crippen LogP contribution in [0.5, 0.6) is 0 Å². The summed E-state index contributed by atoms with van der Waals surface area (Å²) < 4.78 is 5.27. The summed E-state index contributed by atoms with van der Waals surface area (Å²) in [5.41, 5.74) is 2.72. The average molecular weight is 253 g/mol. The van der Waals surface area contributed by atoms with E-state index in [4.69, 9.17) is 9.78 Å². The standard InChI is InChI=1S/C15H15N3O/c16-10-4-3-7-14-17-15(18-19-14)13-9-8-11-5-1-2-6-12(11)13/h1-2,5-6,13H,3-4,7-9H2. The van der Waals surface area contributed by atoms with E-state index in [0.717, 1.165) is 25.1 Å². The zero-order chi connectivity index (χ0) is 13.1. The first kappa shape index (κ1) is 11.9. The summed E-state index contributed by atoms with van der Waals surface area (Å²) in [6.45, 7) is 0. The number of hydrogen-bond acceptors (Lipinski definition) is 4. The van der Waals surface area contributed by atoms with Gasteiger partial charge in [0.1, 0.15) is 0 Å². The molecule has 0 fully saturated rings. The average Bonchev–Trinajstić information content (AvgIpc) is 3.05. The molecule has 0 bridgehead atoms. The lowest BCUT2D eigenvalue weighted by Gasteiger charge is -2.05. The van der Waals surface area contributed by atoms with Crippen molar-refractivity contribution in [1.82, 2.24) is 10.1 Å². The van der Waals surface area contributed by atoms with Gasteiger partial charge in [0.2, 0.25) is 5.89 Å². The number of fused-ring (bicyclic) bond motifs is 1. The van der Waals surface area contributed by atoms with Crippen molar-refractivity contribution in [3.63, 3.8) is 0 Å². The molecular formula is C15H15N3O. The highest BCUT2D eigenvalue weighted by molar-refractivity contribution is 5.38. The summed E-state index contributed by atoms with van der Waals surface area (Å²) in [6, 6.07) is 10.6. The van der Waals surface area contributed by atoms with Crippen LogP contribution in [0.3, 0.4) is 0 Å². The Hall–Kier alpha value is -2.15. The number of aryl methyl sites for hydroxylation is 2. The second kappa shape index (κ2) is 5.23. The number of unbranched alkanes of at least 4 members (excludes halogenated alkanes) is 1. The summed E-state index contributed by atoms with van der Waals surface area (Å²) in [7, 11) is 0. The Morgan fingerprint density at radius 1 is 1.37 bits per heavy atom. The fourth-order valence-electron chi connectivity index (χ4n) is 2.66. The molecule has 1 aliphatic carbocycles. The molecule has 0 N–H and O–H groups in total. The third-order valence-corrected chi connectivity index (χ3v) is 3.61. The summed E-state index contributed by atoms with van der Waals surface area (Å²) in [5, 5.41) is 12.6. The van der Waals surface area contributed by atoms with Gasteiger partial charge in [-0.05, 0) is 30.4 Å². The molecule has 0 amide bonds. The first-order chi connectivity index (χ1) is 9.38. The van der Waals surface area contributed by atoms with Crippen molar-refractivity contribution < 1.29 is 4.52 Å². The fourth-order valence-corrected chi connectivity index (χ4v) is 2.66. The molecule has 1 unspecified atom stereocenters. The monoisotopic (exact) mass is 253 g/mol. The highest BCUT2D eigenvalue weighted by atomic mass is 16.5. The lowest BCUT2D eigenvalue weighted by Crippen LogP contribution is -1.99. The van der Waals surface area contributed by atoms with Crippen molar-refractivity contribution in [2.75, 3.05) is 0 Å². The van der Waals surface area contributed by atoms with Gasteiger partial charge in [-0.2, -0.15) is 10.2 Å². The van der Waals surface area contributed by atoms with Crippen LogP contribution in [0.1, 0.15) is 48.0 Å². The predicted molar refractivity (Wildman–Crippen MR) is 69.5 cm³/mol. The first-order valence-electron chi connectivity index (χ1n) is 6.65. The smallest absolute Gasteiger partial charge is 0.226 e. The molecule has 1 heterocycles. The maximum atomic E-state index is 8.51. The van der Waals surface area contributed by atoms with E-state index in [-0.39, 0.29) is 5.92 Å². The quantitative estimate of drug-likeness (QED) is 0.786. The van der Waals surface area contributed by atoms with Gasteiger partial charge < -0.3 is 4.52 Å². The van der Waals surface area contributed by atoms with Crippen molar-refractivity contribution in [2.24, 2.45) is 0 Å². The first-order valence-corrected chi connectivity index (χ1v) is 6.65. The Morgan fingerprint density at radius 3 is 3.16 bits per heavy atom. The van der Waals surface area contributed by atoms with Crippen molar-refractivity contribution >= 4 is 0 Å². The summed E-state index contributed by atoms with van der Waals surface area (Å²) >= 11 is 0. The minimum absolute atomic E-state index is 0.268. The molecule has 0 saturated carbocycles. The third-order valence-electron chi connectivity index (χ3n) is 3.61. The lowest BCUT2D eigenvalue weighted by atomic mass is 10.0. The van der Waals surface area contributed by atoms with Crippen LogP contribution in [0.15, 0.2) is 28.8 Å². The van der Waals surface area contributed by atoms with E-state index in [1.807, 2.05) is 0 Å². The van der Waals surface area contributed by atoms with Gasteiger partial charge in [-0.25, -0.2) is 0 Å². The highest BCUT2D eigenvalue weighted by Crippen LogP contribution is 2.36. The number of hydrogen-bond donors (Lipinski definition) is 0. The Kier molecular flexibility index (Phi) is 3.28. The van der Waals surface area contributed by atoms with Gasteiger partial charge in [0.15, 0.2) is 5.82 Å². The highest BCUT2D eigenvalue weighted by Gasteiger charge is 2.27. The van der Waals surface area contributed by atoms with E-state index in [0.29, 0.717) is 18.7 Å². The summed E-state index contributed by atoms with van der Waals surface area (Å²) in [5.74, 6) is 1.70. The number of nitrogens with zero attached hydrogens (tertiary/aromatic N) is 3. The second-order valence-electron chi connectivity index (χ2n) is 4.85. The van der Waals surface area contributed by atoms with E-state index >= 15 is 0 Å². The molecule has 4 heteroatoms. The molecule has 96 valence electrons. The van der Waals surface area contributed by atoms with Gasteiger partial charge in [-0.3, -0.25) is 0 Å². The SMILES string of the molecule is N#CCCCc1nc(C2CCc3ccccc32)no1. The van der Waals surface area contributed by atoms with Crippen molar-refractivity contribution in [3.8, 4) is 6.07 Å². The van der Waals surface area contributed by atoms with Crippen LogP contribution < -0.4 is 0 Å². The Labute approximate surface area is 112 Å². The maximum Gasteiger partial charge on any atom is 0.226 e. The summed E-state index contributed by atoms with van der Waals surface area (Å²) in [6.07, 6.45) is 4.13. The topological polar surface area (TPSA) is 62.7 Å². The van der Waals surface area contributed by atoms with E-state index in [2.05, 4.69) is 40.5 Å². The van der Waals surface area contributed by atoms with Gasteiger partial charge in [0.05, 0.1) is 6.07 Å². The van der Waals surface area contributed by atoms with Crippen LogP contribution >= 0.6 is 0 Å². The minimum atomic E-state index is 0.268.